The summed E-state index contributed by atoms with van der Waals surface area (Å²) >= 11 is 0. The van der Waals surface area contributed by atoms with Crippen LogP contribution in [-0.2, 0) is 10.2 Å². The molecule has 2 aromatic heterocycles. The molecule has 3 aromatic rings. The Balaban J connectivity index is 1.43. The number of amides is 1. The zero-order chi connectivity index (χ0) is 21.6. The number of ether oxygens (including phenoxy) is 3. The summed E-state index contributed by atoms with van der Waals surface area (Å²) in [5, 5.41) is 3.04. The van der Waals surface area contributed by atoms with Crippen LogP contribution in [0.4, 0.5) is 5.82 Å². The van der Waals surface area contributed by atoms with Crippen molar-refractivity contribution in [2.75, 3.05) is 19.2 Å². The van der Waals surface area contributed by atoms with Crippen molar-refractivity contribution in [3.05, 3.63) is 59.3 Å². The van der Waals surface area contributed by atoms with Crippen molar-refractivity contribution in [2.24, 2.45) is 0 Å². The number of hydrogen-bond acceptors (Lipinski definition) is 6. The fourth-order valence-corrected chi connectivity index (χ4v) is 3.92. The minimum Gasteiger partial charge on any atom is -0.481 e. The zero-order valence-electron chi connectivity index (χ0n) is 17.7. The van der Waals surface area contributed by atoms with Crippen molar-refractivity contribution in [2.45, 2.75) is 32.1 Å². The van der Waals surface area contributed by atoms with E-state index in [1.165, 1.54) is 0 Å². The summed E-state index contributed by atoms with van der Waals surface area (Å²) in [6, 6.07) is 11.4. The highest BCUT2D eigenvalue weighted by atomic mass is 16.7. The number of pyridine rings is 2. The van der Waals surface area contributed by atoms with Gasteiger partial charge in [0, 0.05) is 17.8 Å². The second-order valence-electron chi connectivity index (χ2n) is 7.99. The molecular formula is C24H23N3O4. The molecule has 31 heavy (non-hydrogen) atoms. The molecule has 1 N–H and O–H groups in total. The lowest BCUT2D eigenvalue weighted by Gasteiger charge is -2.17. The smallest absolute Gasteiger partial charge is 0.236 e. The SMILES string of the molecule is COc1ccc(-c2nc(NC(=O)C3(c4ccc5c(c4)OCO5)CC3)cc(C)c2C)cn1. The summed E-state index contributed by atoms with van der Waals surface area (Å²) in [5.74, 6) is 2.43. The second kappa shape index (κ2) is 7.27. The van der Waals surface area contributed by atoms with E-state index in [0.717, 1.165) is 40.8 Å². The van der Waals surface area contributed by atoms with Gasteiger partial charge in [0.15, 0.2) is 11.5 Å². The number of carbonyl (C=O) groups excluding carboxylic acids is 1. The van der Waals surface area contributed by atoms with Crippen LogP contribution in [0.15, 0.2) is 42.6 Å². The molecule has 7 heteroatoms. The summed E-state index contributed by atoms with van der Waals surface area (Å²) in [4.78, 5) is 22.3. The van der Waals surface area contributed by atoms with Crippen LogP contribution < -0.4 is 19.5 Å². The molecule has 0 radical (unpaired) electrons. The first-order valence-corrected chi connectivity index (χ1v) is 10.2. The van der Waals surface area contributed by atoms with E-state index in [4.69, 9.17) is 19.2 Å². The summed E-state index contributed by atoms with van der Waals surface area (Å²) in [5.41, 5.74) is 4.14. The summed E-state index contributed by atoms with van der Waals surface area (Å²) in [6.07, 6.45) is 3.31. The molecule has 1 fully saturated rings. The summed E-state index contributed by atoms with van der Waals surface area (Å²) in [7, 11) is 1.58. The number of hydrogen-bond donors (Lipinski definition) is 1. The summed E-state index contributed by atoms with van der Waals surface area (Å²) in [6.45, 7) is 4.24. The Bertz CT molecular complexity index is 1170. The molecule has 0 saturated heterocycles. The highest BCUT2D eigenvalue weighted by molar-refractivity contribution is 6.01. The van der Waals surface area contributed by atoms with Crippen molar-refractivity contribution in [1.29, 1.82) is 0 Å². The molecule has 1 aliphatic carbocycles. The topological polar surface area (TPSA) is 82.6 Å². The number of nitrogens with zero attached hydrogens (tertiary/aromatic N) is 2. The predicted octanol–water partition coefficient (Wildman–Crippen LogP) is 4.17. The van der Waals surface area contributed by atoms with E-state index < -0.39 is 5.41 Å². The Morgan fingerprint density at radius 1 is 1.10 bits per heavy atom. The fourth-order valence-electron chi connectivity index (χ4n) is 3.92. The minimum absolute atomic E-state index is 0.0547. The van der Waals surface area contributed by atoms with Crippen LogP contribution in [0.3, 0.4) is 0 Å². The van der Waals surface area contributed by atoms with Gasteiger partial charge in [0.1, 0.15) is 5.82 Å². The summed E-state index contributed by atoms with van der Waals surface area (Å²) < 4.78 is 16.0. The standard InChI is InChI=1S/C24H23N3O4/c1-14-10-20(26-22(15(14)2)16-4-7-21(29-3)25-12-16)27-23(28)24(8-9-24)17-5-6-18-19(11-17)31-13-30-18/h4-7,10-12H,8-9,13H2,1-3H3,(H,26,27,28). The minimum atomic E-state index is -0.552. The monoisotopic (exact) mass is 417 g/mol. The molecule has 5 rings (SSSR count). The molecule has 1 aromatic carbocycles. The highest BCUT2D eigenvalue weighted by Gasteiger charge is 2.51. The number of rotatable bonds is 5. The largest absolute Gasteiger partial charge is 0.481 e. The third kappa shape index (κ3) is 3.36. The van der Waals surface area contributed by atoms with Gasteiger partial charge in [0.2, 0.25) is 18.6 Å². The molecule has 0 unspecified atom stereocenters. The lowest BCUT2D eigenvalue weighted by atomic mass is 9.94. The molecular weight excluding hydrogens is 394 g/mol. The Kier molecular flexibility index (Phi) is 4.54. The van der Waals surface area contributed by atoms with E-state index in [1.54, 1.807) is 19.4 Å². The maximum absolute atomic E-state index is 13.3. The first-order valence-electron chi connectivity index (χ1n) is 10.2. The molecule has 1 aliphatic heterocycles. The van der Waals surface area contributed by atoms with Gasteiger partial charge in [-0.15, -0.1) is 0 Å². The number of methoxy groups -OCH3 is 1. The first kappa shape index (κ1) is 19.4. The second-order valence-corrected chi connectivity index (χ2v) is 7.99. The number of carbonyl (C=O) groups is 1. The number of nitrogens with one attached hydrogen (secondary N) is 1. The van der Waals surface area contributed by atoms with E-state index in [1.807, 2.05) is 44.2 Å². The van der Waals surface area contributed by atoms with Gasteiger partial charge in [-0.2, -0.15) is 0 Å². The normalized spacial score (nSPS) is 15.5. The quantitative estimate of drug-likeness (QED) is 0.671. The lowest BCUT2D eigenvalue weighted by Crippen LogP contribution is -2.28. The van der Waals surface area contributed by atoms with Gasteiger partial charge < -0.3 is 19.5 Å². The lowest BCUT2D eigenvalue weighted by molar-refractivity contribution is -0.118. The number of fused-ring (bicyclic) bond motifs is 1. The molecule has 3 heterocycles. The Hall–Kier alpha value is -3.61. The van der Waals surface area contributed by atoms with E-state index >= 15 is 0 Å². The zero-order valence-corrected chi connectivity index (χ0v) is 17.7. The number of aromatic nitrogens is 2. The maximum atomic E-state index is 13.3. The van der Waals surface area contributed by atoms with Gasteiger partial charge in [0.25, 0.3) is 0 Å². The van der Waals surface area contributed by atoms with Crippen molar-refractivity contribution >= 4 is 11.7 Å². The van der Waals surface area contributed by atoms with E-state index in [9.17, 15) is 4.79 Å². The molecule has 2 aliphatic rings. The predicted molar refractivity (Wildman–Crippen MR) is 116 cm³/mol. The van der Waals surface area contributed by atoms with Crippen LogP contribution in [0.1, 0.15) is 29.5 Å². The van der Waals surface area contributed by atoms with Crippen molar-refractivity contribution in [3.8, 4) is 28.6 Å². The third-order valence-electron chi connectivity index (χ3n) is 6.10. The Labute approximate surface area is 180 Å². The van der Waals surface area contributed by atoms with Crippen LogP contribution in [0, 0.1) is 13.8 Å². The van der Waals surface area contributed by atoms with E-state index in [2.05, 4.69) is 10.3 Å². The molecule has 0 atom stereocenters. The van der Waals surface area contributed by atoms with Crippen LogP contribution in [0.2, 0.25) is 0 Å². The van der Waals surface area contributed by atoms with E-state index in [0.29, 0.717) is 23.2 Å². The highest BCUT2D eigenvalue weighted by Crippen LogP contribution is 2.51. The van der Waals surface area contributed by atoms with Crippen molar-refractivity contribution in [1.82, 2.24) is 9.97 Å². The number of benzene rings is 1. The molecule has 158 valence electrons. The average molecular weight is 417 g/mol. The third-order valence-corrected chi connectivity index (χ3v) is 6.10. The van der Waals surface area contributed by atoms with Gasteiger partial charge in [-0.25, -0.2) is 9.97 Å². The van der Waals surface area contributed by atoms with E-state index in [-0.39, 0.29) is 12.7 Å². The molecule has 0 spiro atoms. The fraction of sp³-hybridized carbons (Fsp3) is 0.292. The van der Waals surface area contributed by atoms with Crippen molar-refractivity contribution < 1.29 is 19.0 Å². The van der Waals surface area contributed by atoms with Crippen LogP contribution in [0.25, 0.3) is 11.3 Å². The Morgan fingerprint density at radius 3 is 2.61 bits per heavy atom. The van der Waals surface area contributed by atoms with Crippen LogP contribution >= 0.6 is 0 Å². The maximum Gasteiger partial charge on any atom is 0.236 e. The van der Waals surface area contributed by atoms with Crippen molar-refractivity contribution in [3.63, 3.8) is 0 Å². The first-order chi connectivity index (χ1) is 15.0. The molecule has 0 bridgehead atoms. The number of aryl methyl sites for hydroxylation is 1. The van der Waals surface area contributed by atoms with Gasteiger partial charge in [0.05, 0.1) is 18.2 Å². The molecule has 1 amide bonds. The number of anilines is 1. The van der Waals surface area contributed by atoms with Crippen LogP contribution in [0.5, 0.6) is 17.4 Å². The molecule has 1 saturated carbocycles. The van der Waals surface area contributed by atoms with Gasteiger partial charge in [-0.3, -0.25) is 4.79 Å². The van der Waals surface area contributed by atoms with Gasteiger partial charge in [-0.05, 0) is 67.6 Å². The van der Waals surface area contributed by atoms with Crippen LogP contribution in [-0.4, -0.2) is 29.8 Å². The Morgan fingerprint density at radius 2 is 1.90 bits per heavy atom. The average Bonchev–Trinajstić information content (AvgIpc) is 3.47. The van der Waals surface area contributed by atoms with Gasteiger partial charge >= 0.3 is 0 Å². The van der Waals surface area contributed by atoms with Gasteiger partial charge in [-0.1, -0.05) is 6.07 Å². The molecule has 7 nitrogen and oxygen atoms in total.